The maximum Gasteiger partial charge on any atom is 0.254 e. The fourth-order valence-electron chi connectivity index (χ4n) is 4.39. The van der Waals surface area contributed by atoms with E-state index < -0.39 is 0 Å². The van der Waals surface area contributed by atoms with Crippen LogP contribution in [0.15, 0.2) is 60.0 Å². The van der Waals surface area contributed by atoms with Gasteiger partial charge in [0.25, 0.3) is 5.91 Å². The first-order chi connectivity index (χ1) is 19.7. The molecule has 2 heterocycles. The largest absolute Gasteiger partial charge is 0.340 e. The Balaban J connectivity index is 1.23. The molecule has 0 atom stereocenters. The Labute approximate surface area is 254 Å². The molecule has 41 heavy (non-hydrogen) atoms. The van der Waals surface area contributed by atoms with Crippen LogP contribution in [0.2, 0.25) is 10.0 Å². The van der Waals surface area contributed by atoms with Crippen LogP contribution in [-0.4, -0.2) is 82.7 Å². The summed E-state index contributed by atoms with van der Waals surface area (Å²) in [5.41, 5.74) is 2.13. The molecular formula is C30H33Cl2N5O3S. The molecule has 0 unspecified atom stereocenters. The van der Waals surface area contributed by atoms with Gasteiger partial charge in [0.2, 0.25) is 11.8 Å². The number of aromatic nitrogens is 1. The van der Waals surface area contributed by atoms with Gasteiger partial charge >= 0.3 is 0 Å². The lowest BCUT2D eigenvalue weighted by molar-refractivity contribution is -0.132. The van der Waals surface area contributed by atoms with Gasteiger partial charge in [-0.1, -0.05) is 65.7 Å². The van der Waals surface area contributed by atoms with Crippen LogP contribution >= 0.6 is 34.5 Å². The molecule has 1 aromatic heterocycles. The summed E-state index contributed by atoms with van der Waals surface area (Å²) in [5, 5.41) is 5.54. The van der Waals surface area contributed by atoms with Crippen molar-refractivity contribution in [2.24, 2.45) is 0 Å². The van der Waals surface area contributed by atoms with Crippen molar-refractivity contribution in [1.29, 1.82) is 0 Å². The summed E-state index contributed by atoms with van der Waals surface area (Å²) in [7, 11) is 0. The molecule has 0 saturated carbocycles. The molecule has 0 aliphatic carbocycles. The van der Waals surface area contributed by atoms with Crippen LogP contribution in [-0.2, 0) is 16.0 Å². The Morgan fingerprint density at radius 2 is 1.78 bits per heavy atom. The van der Waals surface area contributed by atoms with Gasteiger partial charge < -0.3 is 15.1 Å². The molecule has 11 heteroatoms. The van der Waals surface area contributed by atoms with Crippen molar-refractivity contribution in [1.82, 2.24) is 19.7 Å². The lowest BCUT2D eigenvalue weighted by Crippen LogP contribution is -2.49. The molecular weight excluding hydrogens is 581 g/mol. The predicted molar refractivity (Wildman–Crippen MR) is 166 cm³/mol. The van der Waals surface area contributed by atoms with E-state index in [1.807, 2.05) is 36.9 Å². The quantitative estimate of drug-likeness (QED) is 0.334. The minimum absolute atomic E-state index is 0.0193. The van der Waals surface area contributed by atoms with Gasteiger partial charge in [-0.15, -0.1) is 11.3 Å². The minimum Gasteiger partial charge on any atom is -0.340 e. The first kappa shape index (κ1) is 30.7. The first-order valence-electron chi connectivity index (χ1n) is 13.4. The number of hydrogen-bond donors (Lipinski definition) is 1. The maximum absolute atomic E-state index is 13.0. The number of halogens is 2. The van der Waals surface area contributed by atoms with Gasteiger partial charge in [-0.2, -0.15) is 0 Å². The second-order valence-corrected chi connectivity index (χ2v) is 11.7. The van der Waals surface area contributed by atoms with E-state index in [1.54, 1.807) is 17.5 Å². The van der Waals surface area contributed by atoms with Gasteiger partial charge in [-0.3, -0.25) is 19.3 Å². The molecule has 1 saturated heterocycles. The topological polar surface area (TPSA) is 85.8 Å². The zero-order chi connectivity index (χ0) is 29.4. The van der Waals surface area contributed by atoms with Crippen molar-refractivity contribution in [3.05, 3.63) is 86.9 Å². The monoisotopic (exact) mass is 613 g/mol. The van der Waals surface area contributed by atoms with Crippen molar-refractivity contribution < 1.29 is 14.4 Å². The maximum atomic E-state index is 13.0. The predicted octanol–water partition coefficient (Wildman–Crippen LogP) is 5.34. The van der Waals surface area contributed by atoms with Crippen LogP contribution < -0.4 is 5.32 Å². The Bertz CT molecular complexity index is 1390. The highest BCUT2D eigenvalue weighted by atomic mass is 35.5. The second-order valence-electron chi connectivity index (χ2n) is 10.0. The standard InChI is InChI=1S/C30H33Cl2N5O3S/c1-21(2)37(29(40)23-10-11-25(31)26(32)17-23)19-27(38)34-30-33-24(20-41-30)18-28(39)36-15-13-35(14-16-36)12-6-9-22-7-4-3-5-8-22/h3-11,17,20-21H,12-16,18-19H2,1-2H3,(H,33,34,38). The van der Waals surface area contributed by atoms with Crippen LogP contribution in [0, 0.1) is 0 Å². The summed E-state index contributed by atoms with van der Waals surface area (Å²) >= 11 is 13.3. The van der Waals surface area contributed by atoms with E-state index in [-0.39, 0.29) is 41.8 Å². The number of anilines is 1. The summed E-state index contributed by atoms with van der Waals surface area (Å²) < 4.78 is 0. The Morgan fingerprint density at radius 3 is 2.46 bits per heavy atom. The summed E-state index contributed by atoms with van der Waals surface area (Å²) in [6.07, 6.45) is 4.44. The fourth-order valence-corrected chi connectivity index (χ4v) is 5.42. The molecule has 0 bridgehead atoms. The highest BCUT2D eigenvalue weighted by molar-refractivity contribution is 7.13. The SMILES string of the molecule is CC(C)N(CC(=O)Nc1nc(CC(=O)N2CCN(CC=Cc3ccccc3)CC2)cs1)C(=O)c1ccc(Cl)c(Cl)c1. The number of carbonyl (C=O) groups excluding carboxylic acids is 3. The molecule has 3 aromatic rings. The summed E-state index contributed by atoms with van der Waals surface area (Å²) in [4.78, 5) is 48.8. The van der Waals surface area contributed by atoms with Gasteiger partial charge in [-0.05, 0) is 37.6 Å². The number of hydrogen-bond acceptors (Lipinski definition) is 6. The Morgan fingerprint density at radius 1 is 1.05 bits per heavy atom. The number of rotatable bonds is 10. The van der Waals surface area contributed by atoms with Gasteiger partial charge in [0, 0.05) is 49.7 Å². The van der Waals surface area contributed by atoms with Gasteiger partial charge in [-0.25, -0.2) is 4.98 Å². The highest BCUT2D eigenvalue weighted by Crippen LogP contribution is 2.24. The van der Waals surface area contributed by atoms with Crippen molar-refractivity contribution >= 4 is 63.5 Å². The van der Waals surface area contributed by atoms with Crippen molar-refractivity contribution in [3.63, 3.8) is 0 Å². The Kier molecular flexibility index (Phi) is 10.9. The number of carbonyl (C=O) groups is 3. The average Bonchev–Trinajstić information content (AvgIpc) is 3.39. The molecule has 1 fully saturated rings. The molecule has 0 radical (unpaired) electrons. The molecule has 8 nitrogen and oxygen atoms in total. The minimum atomic E-state index is -0.378. The van der Waals surface area contributed by atoms with Crippen molar-refractivity contribution in [2.45, 2.75) is 26.3 Å². The number of thiazole rings is 1. The highest BCUT2D eigenvalue weighted by Gasteiger charge is 2.24. The molecule has 1 N–H and O–H groups in total. The first-order valence-corrected chi connectivity index (χ1v) is 15.0. The van der Waals surface area contributed by atoms with Crippen LogP contribution in [0.4, 0.5) is 5.13 Å². The van der Waals surface area contributed by atoms with E-state index in [4.69, 9.17) is 23.2 Å². The zero-order valence-corrected chi connectivity index (χ0v) is 25.4. The molecule has 1 aliphatic rings. The Hall–Kier alpha value is -3.24. The number of nitrogens with zero attached hydrogens (tertiary/aromatic N) is 4. The third-order valence-corrected chi connectivity index (χ3v) is 8.24. The molecule has 2 aromatic carbocycles. The van der Waals surface area contributed by atoms with Gasteiger partial charge in [0.05, 0.1) is 22.2 Å². The van der Waals surface area contributed by atoms with Crippen LogP contribution in [0.5, 0.6) is 0 Å². The molecule has 4 rings (SSSR count). The van der Waals surface area contributed by atoms with Crippen LogP contribution in [0.25, 0.3) is 6.08 Å². The smallest absolute Gasteiger partial charge is 0.254 e. The van der Waals surface area contributed by atoms with Gasteiger partial charge in [0.15, 0.2) is 5.13 Å². The van der Waals surface area contributed by atoms with E-state index in [1.165, 1.54) is 27.9 Å². The van der Waals surface area contributed by atoms with Crippen LogP contribution in [0.3, 0.4) is 0 Å². The molecule has 1 aliphatic heterocycles. The number of nitrogens with one attached hydrogen (secondary N) is 1. The number of amides is 3. The van der Waals surface area contributed by atoms with E-state index in [0.717, 1.165) is 19.6 Å². The second kappa shape index (κ2) is 14.6. The third kappa shape index (κ3) is 8.87. The average molecular weight is 615 g/mol. The van der Waals surface area contributed by atoms with E-state index >= 15 is 0 Å². The summed E-state index contributed by atoms with van der Waals surface area (Å²) in [5.74, 6) is -0.686. The lowest BCUT2D eigenvalue weighted by Gasteiger charge is -2.34. The van der Waals surface area contributed by atoms with Gasteiger partial charge in [0.1, 0.15) is 6.54 Å². The number of piperazine rings is 1. The summed E-state index contributed by atoms with van der Waals surface area (Å²) in [6.45, 7) is 7.32. The lowest BCUT2D eigenvalue weighted by atomic mass is 10.1. The van der Waals surface area contributed by atoms with Crippen molar-refractivity contribution in [2.75, 3.05) is 44.6 Å². The van der Waals surface area contributed by atoms with E-state index in [9.17, 15) is 14.4 Å². The van der Waals surface area contributed by atoms with Crippen molar-refractivity contribution in [3.8, 4) is 0 Å². The van der Waals surface area contributed by atoms with E-state index in [0.29, 0.717) is 34.5 Å². The fraction of sp³-hybridized carbons (Fsp3) is 0.333. The van der Waals surface area contributed by atoms with Crippen LogP contribution in [0.1, 0.15) is 35.5 Å². The van der Waals surface area contributed by atoms with E-state index in [2.05, 4.69) is 39.5 Å². The molecule has 216 valence electrons. The molecule has 0 spiro atoms. The normalized spacial score (nSPS) is 14.0. The zero-order valence-electron chi connectivity index (χ0n) is 23.1. The molecule has 3 amide bonds. The summed E-state index contributed by atoms with van der Waals surface area (Å²) in [6, 6.07) is 14.6. The number of benzene rings is 2. The third-order valence-electron chi connectivity index (χ3n) is 6.69.